The van der Waals surface area contributed by atoms with Gasteiger partial charge in [0.1, 0.15) is 24.4 Å². The van der Waals surface area contributed by atoms with Gasteiger partial charge in [0.25, 0.3) is 0 Å². The summed E-state index contributed by atoms with van der Waals surface area (Å²) >= 11 is 0. The van der Waals surface area contributed by atoms with E-state index in [1.807, 2.05) is 6.08 Å². The molecule has 0 aromatic rings. The molecule has 9 nitrogen and oxygen atoms in total. The second-order valence-corrected chi connectivity index (χ2v) is 26.8. The number of carbonyl (C=O) groups is 1. The number of amides is 1. The van der Waals surface area contributed by atoms with Crippen LogP contribution in [0.5, 0.6) is 0 Å². The van der Waals surface area contributed by atoms with Gasteiger partial charge in [0.2, 0.25) is 5.91 Å². The zero-order chi connectivity index (χ0) is 67.8. The lowest BCUT2D eigenvalue weighted by molar-refractivity contribution is -0.302. The highest BCUT2D eigenvalue weighted by Crippen LogP contribution is 2.23. The molecule has 1 rings (SSSR count). The zero-order valence-corrected chi connectivity index (χ0v) is 60.7. The molecule has 0 spiro atoms. The number of aliphatic hydroxyl groups is 5. The van der Waals surface area contributed by atoms with Gasteiger partial charge in [0, 0.05) is 6.42 Å². The molecule has 540 valence electrons. The molecular weight excluding hydrogens is 1160 g/mol. The van der Waals surface area contributed by atoms with Gasteiger partial charge in [0.05, 0.1) is 25.4 Å². The standard InChI is InChI=1S/C85H147NO8/c1-3-5-7-9-11-13-15-17-19-21-23-25-27-29-31-33-35-37-38-39-40-41-42-43-45-47-49-51-53-55-57-59-61-63-65-67-69-71-73-75-81(89)86-78(77-93-85-84(92)83(91)82(90)80(76-87)94-85)79(88)74-72-70-68-66-64-62-60-58-56-54-52-50-48-46-44-36-34-32-30-28-26-24-22-20-18-16-14-12-10-8-6-4-2/h5,7,11,13,17,19,23,25,29,31,35,37,39-40,42-43,47,49,53,55,72,74,78-80,82-85,87-88,90-92H,3-4,6,8-10,12,14-16,18,20-22,24,26-28,30,32-34,36,38,41,44-46,48,50-52,54,56-71,73,75-77H2,1-2H3,(H,86,89)/b7-5-,13-11-,19-17-,25-23-,31-29-,37-35-,40-39-,43-42-,49-47-,55-53-,74-72+. The fourth-order valence-corrected chi connectivity index (χ4v) is 11.9. The Morgan fingerprint density at radius 2 is 0.660 bits per heavy atom. The third kappa shape index (κ3) is 59.6. The van der Waals surface area contributed by atoms with Gasteiger partial charge < -0.3 is 40.3 Å². The maximum atomic E-state index is 13.2. The smallest absolute Gasteiger partial charge is 0.220 e. The first-order valence-electron chi connectivity index (χ1n) is 39.4. The highest BCUT2D eigenvalue weighted by atomic mass is 16.7. The van der Waals surface area contributed by atoms with Crippen molar-refractivity contribution in [3.63, 3.8) is 0 Å². The molecule has 9 heteroatoms. The molecule has 0 bridgehead atoms. The lowest BCUT2D eigenvalue weighted by Crippen LogP contribution is -2.60. The summed E-state index contributed by atoms with van der Waals surface area (Å²) in [7, 11) is 0. The average molecular weight is 1310 g/mol. The number of hydrogen-bond donors (Lipinski definition) is 6. The Morgan fingerprint density at radius 1 is 0.372 bits per heavy atom. The van der Waals surface area contributed by atoms with Gasteiger partial charge in [-0.3, -0.25) is 4.79 Å². The summed E-state index contributed by atoms with van der Waals surface area (Å²) in [6.45, 7) is 3.69. The number of allylic oxidation sites excluding steroid dienone is 21. The van der Waals surface area contributed by atoms with E-state index >= 15 is 0 Å². The third-order valence-corrected chi connectivity index (χ3v) is 18.0. The number of nitrogens with one attached hydrogen (secondary N) is 1. The first-order valence-corrected chi connectivity index (χ1v) is 39.4. The molecule has 0 radical (unpaired) electrons. The van der Waals surface area contributed by atoms with Crippen LogP contribution in [0.3, 0.4) is 0 Å². The number of carbonyl (C=O) groups excluding carboxylic acids is 1. The van der Waals surface area contributed by atoms with E-state index in [-0.39, 0.29) is 12.5 Å². The molecule has 7 unspecified atom stereocenters. The summed E-state index contributed by atoms with van der Waals surface area (Å²) in [6, 6.07) is -0.821. The Kier molecular flexibility index (Phi) is 67.7. The predicted molar refractivity (Wildman–Crippen MR) is 405 cm³/mol. The Hall–Kier alpha value is -3.67. The van der Waals surface area contributed by atoms with Gasteiger partial charge in [-0.25, -0.2) is 0 Å². The lowest BCUT2D eigenvalue weighted by Gasteiger charge is -2.40. The number of unbranched alkanes of at least 4 members (excludes halogenated alkanes) is 38. The van der Waals surface area contributed by atoms with E-state index in [1.165, 1.54) is 205 Å². The SMILES string of the molecule is CC/C=C\C/C=C\C/C=C\C/C=C\C/C=C\C/C=C\C/C=C\C/C=C\C/C=C\C/C=C\CCCCCCCCCCC(=O)NC(COC1OC(CO)C(O)C(O)C1O)C(O)/C=C/CCCCCCCCCCCCCCCCCCCCCCCCCCCCCCCC. The second kappa shape index (κ2) is 72.1. The van der Waals surface area contributed by atoms with E-state index in [2.05, 4.69) is 141 Å². The normalized spacial score (nSPS) is 18.3. The van der Waals surface area contributed by atoms with Gasteiger partial charge in [0.15, 0.2) is 6.29 Å². The van der Waals surface area contributed by atoms with Gasteiger partial charge in [-0.05, 0) is 96.3 Å². The quantitative estimate of drug-likeness (QED) is 0.0261. The summed E-state index contributed by atoms with van der Waals surface area (Å²) in [4.78, 5) is 13.2. The summed E-state index contributed by atoms with van der Waals surface area (Å²) in [5.74, 6) is -0.186. The summed E-state index contributed by atoms with van der Waals surface area (Å²) in [5.41, 5.74) is 0. The molecule has 1 heterocycles. The van der Waals surface area contributed by atoms with Crippen LogP contribution in [0.15, 0.2) is 134 Å². The van der Waals surface area contributed by atoms with Crippen LogP contribution in [0, 0.1) is 0 Å². The lowest BCUT2D eigenvalue weighted by atomic mass is 9.99. The van der Waals surface area contributed by atoms with Crippen molar-refractivity contribution in [2.45, 2.75) is 384 Å². The van der Waals surface area contributed by atoms with Crippen LogP contribution in [0.25, 0.3) is 0 Å². The minimum absolute atomic E-state index is 0.186. The predicted octanol–water partition coefficient (Wildman–Crippen LogP) is 22.7. The molecule has 0 saturated carbocycles. The summed E-state index contributed by atoms with van der Waals surface area (Å²) in [6.07, 6.45) is 103. The first kappa shape index (κ1) is 88.3. The van der Waals surface area contributed by atoms with E-state index in [9.17, 15) is 30.3 Å². The van der Waals surface area contributed by atoms with Gasteiger partial charge in [-0.2, -0.15) is 0 Å². The van der Waals surface area contributed by atoms with Gasteiger partial charge in [-0.15, -0.1) is 0 Å². The van der Waals surface area contributed by atoms with Crippen LogP contribution in [-0.4, -0.2) is 87.5 Å². The van der Waals surface area contributed by atoms with Crippen LogP contribution >= 0.6 is 0 Å². The van der Waals surface area contributed by atoms with Crippen molar-refractivity contribution >= 4 is 5.91 Å². The Labute approximate surface area is 579 Å². The second-order valence-electron chi connectivity index (χ2n) is 26.8. The Bertz CT molecular complexity index is 1960. The molecule has 0 aliphatic carbocycles. The maximum absolute atomic E-state index is 13.2. The van der Waals surface area contributed by atoms with E-state index < -0.39 is 49.5 Å². The van der Waals surface area contributed by atoms with Crippen molar-refractivity contribution in [1.82, 2.24) is 5.32 Å². The largest absolute Gasteiger partial charge is 0.394 e. The van der Waals surface area contributed by atoms with Crippen molar-refractivity contribution in [3.8, 4) is 0 Å². The number of hydrogen-bond acceptors (Lipinski definition) is 8. The van der Waals surface area contributed by atoms with E-state index in [0.29, 0.717) is 6.42 Å². The fourth-order valence-electron chi connectivity index (χ4n) is 11.9. The minimum atomic E-state index is -1.58. The first-order chi connectivity index (χ1) is 46.3. The van der Waals surface area contributed by atoms with Crippen molar-refractivity contribution in [2.24, 2.45) is 0 Å². The molecule has 7 atom stereocenters. The van der Waals surface area contributed by atoms with Crippen LogP contribution in [0.1, 0.15) is 341 Å². The monoisotopic (exact) mass is 1310 g/mol. The van der Waals surface area contributed by atoms with Crippen molar-refractivity contribution < 1.29 is 39.8 Å². The number of rotatable bonds is 68. The highest BCUT2D eigenvalue weighted by molar-refractivity contribution is 5.76. The minimum Gasteiger partial charge on any atom is -0.394 e. The zero-order valence-electron chi connectivity index (χ0n) is 60.7. The van der Waals surface area contributed by atoms with Crippen LogP contribution in [-0.2, 0) is 14.3 Å². The van der Waals surface area contributed by atoms with Crippen LogP contribution in [0.4, 0.5) is 0 Å². The average Bonchev–Trinajstić information content (AvgIpc) is 0.829. The van der Waals surface area contributed by atoms with Crippen molar-refractivity contribution in [3.05, 3.63) is 134 Å². The van der Waals surface area contributed by atoms with E-state index in [4.69, 9.17) is 9.47 Å². The Balaban J connectivity index is 2.13. The molecule has 94 heavy (non-hydrogen) atoms. The van der Waals surface area contributed by atoms with E-state index in [1.54, 1.807) is 6.08 Å². The molecule has 0 aromatic carbocycles. The highest BCUT2D eigenvalue weighted by Gasteiger charge is 2.44. The van der Waals surface area contributed by atoms with Crippen LogP contribution < -0.4 is 5.32 Å². The van der Waals surface area contributed by atoms with Gasteiger partial charge >= 0.3 is 0 Å². The molecule has 1 saturated heterocycles. The molecule has 1 amide bonds. The summed E-state index contributed by atoms with van der Waals surface area (Å²) in [5, 5.41) is 54.9. The van der Waals surface area contributed by atoms with Crippen molar-refractivity contribution in [2.75, 3.05) is 13.2 Å². The Morgan fingerprint density at radius 3 is 0.979 bits per heavy atom. The van der Waals surface area contributed by atoms with Crippen molar-refractivity contribution in [1.29, 1.82) is 0 Å². The molecule has 1 fully saturated rings. The number of aliphatic hydroxyl groups excluding tert-OH is 5. The molecule has 1 aliphatic heterocycles. The number of ether oxygens (including phenoxy) is 2. The molecule has 1 aliphatic rings. The maximum Gasteiger partial charge on any atom is 0.220 e. The fraction of sp³-hybridized carbons (Fsp3) is 0.729. The van der Waals surface area contributed by atoms with Gasteiger partial charge in [-0.1, -0.05) is 372 Å². The molecular formula is C85H147NO8. The topological polar surface area (TPSA) is 149 Å². The third-order valence-electron chi connectivity index (χ3n) is 18.0. The molecule has 0 aromatic heterocycles. The van der Waals surface area contributed by atoms with E-state index in [0.717, 1.165) is 116 Å². The summed E-state index contributed by atoms with van der Waals surface area (Å²) < 4.78 is 11.3. The molecule has 6 N–H and O–H groups in total. The van der Waals surface area contributed by atoms with Crippen LogP contribution in [0.2, 0.25) is 0 Å².